The second-order valence-corrected chi connectivity index (χ2v) is 3.96. The van der Waals surface area contributed by atoms with Crippen molar-refractivity contribution < 1.29 is 14.4 Å². The molecule has 1 heterocycles. The lowest BCUT2D eigenvalue weighted by Crippen LogP contribution is -1.92. The summed E-state index contributed by atoms with van der Waals surface area (Å²) >= 11 is 0. The highest BCUT2D eigenvalue weighted by Gasteiger charge is 2.14. The van der Waals surface area contributed by atoms with E-state index in [1.807, 2.05) is 19.9 Å². The molecule has 2 rings (SSSR count). The molecular weight excluding hydrogens is 232 g/mol. The number of benzene rings is 1. The Morgan fingerprint density at radius 1 is 1.39 bits per heavy atom. The molecule has 0 radical (unpaired) electrons. The number of aromatic nitrogens is 1. The predicted octanol–water partition coefficient (Wildman–Crippen LogP) is 2.53. The van der Waals surface area contributed by atoms with Crippen LogP contribution >= 0.6 is 0 Å². The normalized spacial score (nSPS) is 10.1. The summed E-state index contributed by atoms with van der Waals surface area (Å²) in [4.78, 5) is 10.7. The number of carboxylic acid groups (broad SMARTS) is 1. The summed E-state index contributed by atoms with van der Waals surface area (Å²) < 4.78 is 4.69. The summed E-state index contributed by atoms with van der Waals surface area (Å²) in [7, 11) is 0. The molecule has 5 nitrogen and oxygen atoms in total. The smallest absolute Gasteiger partial charge is 0.374 e. The minimum Gasteiger partial charge on any atom is -0.475 e. The molecule has 0 amide bonds. The van der Waals surface area contributed by atoms with Crippen LogP contribution in [0.3, 0.4) is 0 Å². The molecule has 1 aromatic heterocycles. The molecule has 0 saturated carbocycles. The molecule has 0 atom stereocenters. The van der Waals surface area contributed by atoms with Crippen LogP contribution in [-0.2, 0) is 0 Å². The second-order valence-electron chi connectivity index (χ2n) is 3.96. The summed E-state index contributed by atoms with van der Waals surface area (Å²) in [6.07, 6.45) is 0. The molecule has 90 valence electrons. The van der Waals surface area contributed by atoms with E-state index in [-0.39, 0.29) is 5.76 Å². The summed E-state index contributed by atoms with van der Waals surface area (Å²) in [6.45, 7) is 3.75. The van der Waals surface area contributed by atoms with E-state index in [0.717, 1.165) is 11.1 Å². The van der Waals surface area contributed by atoms with Gasteiger partial charge in [0.25, 0.3) is 0 Å². The Morgan fingerprint density at radius 3 is 2.67 bits per heavy atom. The van der Waals surface area contributed by atoms with Gasteiger partial charge in [0.15, 0.2) is 0 Å². The zero-order valence-corrected chi connectivity index (χ0v) is 9.89. The maximum absolute atomic E-state index is 10.7. The molecule has 2 aromatic rings. The van der Waals surface area contributed by atoms with E-state index in [2.05, 4.69) is 11.2 Å². The first-order chi connectivity index (χ1) is 8.52. The highest BCUT2D eigenvalue weighted by atomic mass is 16.5. The van der Waals surface area contributed by atoms with Gasteiger partial charge in [0.1, 0.15) is 5.69 Å². The van der Waals surface area contributed by atoms with Crippen LogP contribution in [0.4, 0.5) is 0 Å². The van der Waals surface area contributed by atoms with Crippen LogP contribution in [0.5, 0.6) is 0 Å². The van der Waals surface area contributed by atoms with Gasteiger partial charge in [0.05, 0.1) is 11.6 Å². The number of carbonyl (C=O) groups is 1. The quantitative estimate of drug-likeness (QED) is 0.874. The van der Waals surface area contributed by atoms with Gasteiger partial charge in [-0.05, 0) is 37.1 Å². The maximum atomic E-state index is 10.7. The van der Waals surface area contributed by atoms with E-state index >= 15 is 0 Å². The Hall–Kier alpha value is -2.61. The van der Waals surface area contributed by atoms with Gasteiger partial charge in [-0.25, -0.2) is 4.79 Å². The average molecular weight is 242 g/mol. The van der Waals surface area contributed by atoms with E-state index in [0.29, 0.717) is 16.8 Å². The predicted molar refractivity (Wildman–Crippen MR) is 63.1 cm³/mol. The first-order valence-electron chi connectivity index (χ1n) is 5.24. The van der Waals surface area contributed by atoms with Crippen LogP contribution in [0.2, 0.25) is 0 Å². The van der Waals surface area contributed by atoms with Gasteiger partial charge in [0, 0.05) is 11.6 Å². The number of hydrogen-bond acceptors (Lipinski definition) is 4. The number of nitriles is 1. The van der Waals surface area contributed by atoms with Gasteiger partial charge in [0.2, 0.25) is 5.76 Å². The highest BCUT2D eigenvalue weighted by Crippen LogP contribution is 2.24. The minimum atomic E-state index is -1.17. The number of aromatic carboxylic acids is 1. The van der Waals surface area contributed by atoms with Crippen molar-refractivity contribution in [2.24, 2.45) is 0 Å². The first-order valence-corrected chi connectivity index (χ1v) is 5.24. The summed E-state index contributed by atoms with van der Waals surface area (Å²) in [5, 5.41) is 21.5. The van der Waals surface area contributed by atoms with Gasteiger partial charge in [-0.3, -0.25) is 0 Å². The molecular formula is C13H10N2O3. The van der Waals surface area contributed by atoms with Crippen molar-refractivity contribution in [3.05, 3.63) is 40.6 Å². The lowest BCUT2D eigenvalue weighted by molar-refractivity contribution is 0.0652. The van der Waals surface area contributed by atoms with Crippen molar-refractivity contribution in [2.75, 3.05) is 0 Å². The van der Waals surface area contributed by atoms with Crippen LogP contribution < -0.4 is 0 Å². The topological polar surface area (TPSA) is 87.1 Å². The molecule has 1 aromatic carbocycles. The molecule has 0 bridgehead atoms. The van der Waals surface area contributed by atoms with Crippen molar-refractivity contribution in [1.82, 2.24) is 5.16 Å². The number of rotatable bonds is 2. The Morgan fingerprint density at radius 2 is 2.11 bits per heavy atom. The number of nitrogens with zero attached hydrogens (tertiary/aromatic N) is 2. The van der Waals surface area contributed by atoms with Gasteiger partial charge in [-0.15, -0.1) is 0 Å². The van der Waals surface area contributed by atoms with Crippen molar-refractivity contribution in [3.8, 4) is 17.3 Å². The number of carboxylic acids is 1. The zero-order chi connectivity index (χ0) is 13.3. The second kappa shape index (κ2) is 4.34. The van der Waals surface area contributed by atoms with Crippen LogP contribution in [0.15, 0.2) is 22.7 Å². The third kappa shape index (κ3) is 1.96. The largest absolute Gasteiger partial charge is 0.475 e. The van der Waals surface area contributed by atoms with Gasteiger partial charge in [-0.1, -0.05) is 5.16 Å². The minimum absolute atomic E-state index is 0.221. The molecule has 0 aliphatic heterocycles. The van der Waals surface area contributed by atoms with E-state index in [9.17, 15) is 4.79 Å². The molecule has 18 heavy (non-hydrogen) atoms. The molecule has 0 aliphatic carbocycles. The lowest BCUT2D eigenvalue weighted by atomic mass is 9.99. The molecule has 0 saturated heterocycles. The molecule has 5 heteroatoms. The summed E-state index contributed by atoms with van der Waals surface area (Å²) in [5.41, 5.74) is 3.48. The van der Waals surface area contributed by atoms with Crippen molar-refractivity contribution in [2.45, 2.75) is 13.8 Å². The number of aryl methyl sites for hydroxylation is 1. The monoisotopic (exact) mass is 242 g/mol. The zero-order valence-electron chi connectivity index (χ0n) is 9.89. The Labute approximate surface area is 103 Å². The Kier molecular flexibility index (Phi) is 2.86. The Balaban J connectivity index is 2.54. The van der Waals surface area contributed by atoms with Crippen LogP contribution in [0.25, 0.3) is 11.3 Å². The molecule has 1 N–H and O–H groups in total. The third-order valence-electron chi connectivity index (χ3n) is 2.80. The fraction of sp³-hybridized carbons (Fsp3) is 0.154. The van der Waals surface area contributed by atoms with Crippen molar-refractivity contribution >= 4 is 5.97 Å². The van der Waals surface area contributed by atoms with Crippen LogP contribution in [0.1, 0.15) is 27.2 Å². The fourth-order valence-corrected chi connectivity index (χ4v) is 1.64. The van der Waals surface area contributed by atoms with Gasteiger partial charge < -0.3 is 9.63 Å². The molecule has 0 unspecified atom stereocenters. The van der Waals surface area contributed by atoms with Gasteiger partial charge >= 0.3 is 5.97 Å². The van der Waals surface area contributed by atoms with E-state index < -0.39 is 5.97 Å². The van der Waals surface area contributed by atoms with Crippen LogP contribution in [-0.4, -0.2) is 16.2 Å². The first kappa shape index (κ1) is 11.9. The van der Waals surface area contributed by atoms with E-state index in [4.69, 9.17) is 14.9 Å². The average Bonchev–Trinajstić information content (AvgIpc) is 2.82. The van der Waals surface area contributed by atoms with Crippen molar-refractivity contribution in [3.63, 3.8) is 0 Å². The van der Waals surface area contributed by atoms with E-state index in [1.165, 1.54) is 6.07 Å². The van der Waals surface area contributed by atoms with E-state index in [1.54, 1.807) is 6.07 Å². The van der Waals surface area contributed by atoms with Gasteiger partial charge in [-0.2, -0.15) is 5.26 Å². The molecule has 0 fully saturated rings. The van der Waals surface area contributed by atoms with Crippen molar-refractivity contribution in [1.29, 1.82) is 5.26 Å². The van der Waals surface area contributed by atoms with Crippen LogP contribution in [0, 0.1) is 25.2 Å². The fourth-order valence-electron chi connectivity index (χ4n) is 1.64. The molecule has 0 aliphatic rings. The Bertz CT molecular complexity index is 665. The summed E-state index contributed by atoms with van der Waals surface area (Å²) in [6, 6.07) is 6.96. The summed E-state index contributed by atoms with van der Waals surface area (Å²) in [5.74, 6) is -1.39. The SMILES string of the molecule is Cc1cc(-c2cc(C(=O)O)on2)cc(C#N)c1C. The lowest BCUT2D eigenvalue weighted by Gasteiger charge is -2.04. The molecule has 0 spiro atoms. The maximum Gasteiger partial charge on any atom is 0.374 e. The third-order valence-corrected chi connectivity index (χ3v) is 2.80. The standard InChI is InChI=1S/C13H10N2O3/c1-7-3-9(4-10(6-14)8(7)2)11-5-12(13(16)17)18-15-11/h3-5H,1-2H3,(H,16,17). The highest BCUT2D eigenvalue weighted by molar-refractivity contribution is 5.85. The number of hydrogen-bond donors (Lipinski definition) is 1.